The average Bonchev–Trinajstić information content (AvgIpc) is 2.93. The number of anilines is 1. The van der Waals surface area contributed by atoms with E-state index in [2.05, 4.69) is 5.18 Å². The number of nitrogens with two attached hydrogens (primary N) is 1. The first-order valence-electron chi connectivity index (χ1n) is 6.09. The fourth-order valence-electron chi connectivity index (χ4n) is 1.92. The minimum atomic E-state index is -0.764. The van der Waals surface area contributed by atoms with Gasteiger partial charge in [-0.3, -0.25) is 13.9 Å². The molecule has 0 spiro atoms. The topological polar surface area (TPSA) is 113 Å². The van der Waals surface area contributed by atoms with Crippen molar-refractivity contribution in [1.82, 2.24) is 9.13 Å². The third-order valence-corrected chi connectivity index (χ3v) is 2.88. The summed E-state index contributed by atoms with van der Waals surface area (Å²) in [5.41, 5.74) is 3.89. The lowest BCUT2D eigenvalue weighted by Gasteiger charge is -2.12. The molecule has 0 aliphatic rings. The van der Waals surface area contributed by atoms with E-state index >= 15 is 0 Å². The standard InChI is InChI=1S/C12H14N4O4/c1-2-5-15-11(17)9(14-19)10(13)16(12(15)18)7-8-4-3-6-20-8/h3-4,6H,2,5,7,13H2,1H3. The van der Waals surface area contributed by atoms with Crippen LogP contribution in [0.25, 0.3) is 0 Å². The maximum Gasteiger partial charge on any atom is 0.333 e. The van der Waals surface area contributed by atoms with Crippen molar-refractivity contribution in [3.8, 4) is 0 Å². The minimum absolute atomic E-state index is 0.0319. The number of nitrogens with zero attached hydrogens (tertiary/aromatic N) is 3. The highest BCUT2D eigenvalue weighted by Gasteiger charge is 2.18. The predicted molar refractivity (Wildman–Crippen MR) is 72.9 cm³/mol. The van der Waals surface area contributed by atoms with Gasteiger partial charge in [0, 0.05) is 6.54 Å². The number of hydrogen-bond acceptors (Lipinski definition) is 6. The molecule has 2 heterocycles. The van der Waals surface area contributed by atoms with Crippen molar-refractivity contribution in [3.63, 3.8) is 0 Å². The fourth-order valence-corrected chi connectivity index (χ4v) is 1.92. The largest absolute Gasteiger partial charge is 0.467 e. The fraction of sp³-hybridized carbons (Fsp3) is 0.333. The molecule has 2 aromatic heterocycles. The molecule has 0 atom stereocenters. The Morgan fingerprint density at radius 2 is 2.10 bits per heavy atom. The van der Waals surface area contributed by atoms with E-state index in [-0.39, 0.29) is 18.9 Å². The highest BCUT2D eigenvalue weighted by Crippen LogP contribution is 2.15. The van der Waals surface area contributed by atoms with Crippen LogP contribution in [0.4, 0.5) is 11.5 Å². The second kappa shape index (κ2) is 5.55. The van der Waals surface area contributed by atoms with E-state index in [9.17, 15) is 14.5 Å². The Morgan fingerprint density at radius 1 is 1.35 bits per heavy atom. The maximum atomic E-state index is 12.3. The van der Waals surface area contributed by atoms with Crippen LogP contribution in [-0.2, 0) is 13.1 Å². The van der Waals surface area contributed by atoms with Crippen LogP contribution in [0.1, 0.15) is 19.1 Å². The van der Waals surface area contributed by atoms with Crippen LogP contribution in [0.15, 0.2) is 37.6 Å². The molecule has 0 fully saturated rings. The summed E-state index contributed by atoms with van der Waals surface area (Å²) in [6.45, 7) is 2.04. The summed E-state index contributed by atoms with van der Waals surface area (Å²) < 4.78 is 7.20. The first kappa shape index (κ1) is 13.8. The van der Waals surface area contributed by atoms with Crippen molar-refractivity contribution < 1.29 is 4.42 Å². The summed E-state index contributed by atoms with van der Waals surface area (Å²) in [6, 6.07) is 3.33. The first-order valence-corrected chi connectivity index (χ1v) is 6.09. The van der Waals surface area contributed by atoms with Gasteiger partial charge in [-0.1, -0.05) is 6.92 Å². The molecule has 0 aliphatic carbocycles. The lowest BCUT2D eigenvalue weighted by atomic mass is 10.4. The third kappa shape index (κ3) is 2.27. The number of nitrogen functional groups attached to an aromatic ring is 1. The molecular weight excluding hydrogens is 264 g/mol. The first-order chi connectivity index (χ1) is 9.60. The van der Waals surface area contributed by atoms with E-state index in [1.54, 1.807) is 12.1 Å². The highest BCUT2D eigenvalue weighted by molar-refractivity contribution is 5.56. The van der Waals surface area contributed by atoms with Gasteiger partial charge in [-0.05, 0) is 23.7 Å². The van der Waals surface area contributed by atoms with Gasteiger partial charge in [0.05, 0.1) is 12.8 Å². The number of rotatable bonds is 5. The van der Waals surface area contributed by atoms with Crippen LogP contribution < -0.4 is 17.0 Å². The zero-order chi connectivity index (χ0) is 14.7. The van der Waals surface area contributed by atoms with Crippen LogP contribution in [0, 0.1) is 4.91 Å². The molecule has 106 valence electrons. The normalized spacial score (nSPS) is 10.7. The Kier molecular flexibility index (Phi) is 3.83. The Hall–Kier alpha value is -2.64. The molecule has 0 bridgehead atoms. The molecule has 2 rings (SSSR count). The molecule has 2 N–H and O–H groups in total. The number of aromatic nitrogens is 2. The average molecular weight is 278 g/mol. The van der Waals surface area contributed by atoms with Gasteiger partial charge in [0.1, 0.15) is 11.6 Å². The summed E-state index contributed by atoms with van der Waals surface area (Å²) in [4.78, 5) is 35.0. The molecule has 8 heteroatoms. The quantitative estimate of drug-likeness (QED) is 0.821. The maximum absolute atomic E-state index is 12.3. The molecule has 20 heavy (non-hydrogen) atoms. The molecule has 0 unspecified atom stereocenters. The molecule has 0 amide bonds. The SMILES string of the molecule is CCCn1c(=O)c(N=O)c(N)n(Cc2ccco2)c1=O. The van der Waals surface area contributed by atoms with Crippen LogP contribution in [-0.4, -0.2) is 9.13 Å². The molecule has 8 nitrogen and oxygen atoms in total. The molecule has 0 saturated heterocycles. The lowest BCUT2D eigenvalue weighted by molar-refractivity contribution is 0.478. The van der Waals surface area contributed by atoms with E-state index in [1.807, 2.05) is 6.92 Å². The van der Waals surface area contributed by atoms with Crippen molar-refractivity contribution in [3.05, 3.63) is 49.9 Å². The van der Waals surface area contributed by atoms with Crippen LogP contribution in [0.5, 0.6) is 0 Å². The van der Waals surface area contributed by atoms with Gasteiger partial charge in [-0.15, -0.1) is 4.91 Å². The Bertz CT molecular complexity index is 727. The number of nitroso groups, excluding NO2 is 1. The lowest BCUT2D eigenvalue weighted by Crippen LogP contribution is -2.41. The van der Waals surface area contributed by atoms with Gasteiger partial charge in [0.15, 0.2) is 0 Å². The van der Waals surface area contributed by atoms with Crippen LogP contribution in [0.2, 0.25) is 0 Å². The molecule has 0 aromatic carbocycles. The molecule has 0 saturated carbocycles. The molecule has 0 radical (unpaired) electrons. The second-order valence-corrected chi connectivity index (χ2v) is 4.23. The van der Waals surface area contributed by atoms with Gasteiger partial charge in [0.25, 0.3) is 5.56 Å². The summed E-state index contributed by atoms with van der Waals surface area (Å²) >= 11 is 0. The number of hydrogen-bond donors (Lipinski definition) is 1. The summed E-state index contributed by atoms with van der Waals surface area (Å²) in [5.74, 6) is 0.232. The molecule has 2 aromatic rings. The van der Waals surface area contributed by atoms with Gasteiger partial charge >= 0.3 is 5.69 Å². The monoisotopic (exact) mass is 278 g/mol. The van der Waals surface area contributed by atoms with Gasteiger partial charge in [-0.25, -0.2) is 4.79 Å². The zero-order valence-corrected chi connectivity index (χ0v) is 10.9. The number of furan rings is 1. The van der Waals surface area contributed by atoms with Gasteiger partial charge < -0.3 is 10.2 Å². The smallest absolute Gasteiger partial charge is 0.333 e. The van der Waals surface area contributed by atoms with Crippen molar-refractivity contribution in [1.29, 1.82) is 0 Å². The van der Waals surface area contributed by atoms with Crippen molar-refractivity contribution in [2.45, 2.75) is 26.4 Å². The van der Waals surface area contributed by atoms with Gasteiger partial charge in [-0.2, -0.15) is 0 Å². The molecular formula is C12H14N4O4. The van der Waals surface area contributed by atoms with Crippen molar-refractivity contribution >= 4 is 11.5 Å². The van der Waals surface area contributed by atoms with Crippen LogP contribution in [0.3, 0.4) is 0 Å². The van der Waals surface area contributed by atoms with Gasteiger partial charge in [0.2, 0.25) is 5.69 Å². The van der Waals surface area contributed by atoms with E-state index in [0.29, 0.717) is 12.2 Å². The third-order valence-electron chi connectivity index (χ3n) is 2.88. The zero-order valence-electron chi connectivity index (χ0n) is 10.9. The van der Waals surface area contributed by atoms with Crippen molar-refractivity contribution in [2.24, 2.45) is 5.18 Å². The molecule has 0 aliphatic heterocycles. The van der Waals surface area contributed by atoms with E-state index < -0.39 is 16.9 Å². The summed E-state index contributed by atoms with van der Waals surface area (Å²) in [7, 11) is 0. The van der Waals surface area contributed by atoms with E-state index in [4.69, 9.17) is 10.2 Å². The Labute approximate surface area is 113 Å². The minimum Gasteiger partial charge on any atom is -0.467 e. The van der Waals surface area contributed by atoms with E-state index in [1.165, 1.54) is 6.26 Å². The second-order valence-electron chi connectivity index (χ2n) is 4.23. The Morgan fingerprint density at radius 3 is 2.65 bits per heavy atom. The predicted octanol–water partition coefficient (Wildman–Crippen LogP) is 1.04. The highest BCUT2D eigenvalue weighted by atomic mass is 16.3. The summed E-state index contributed by atoms with van der Waals surface area (Å²) in [6.07, 6.45) is 2.02. The van der Waals surface area contributed by atoms with E-state index in [0.717, 1.165) is 9.13 Å². The van der Waals surface area contributed by atoms with Crippen LogP contribution >= 0.6 is 0 Å². The van der Waals surface area contributed by atoms with Crippen molar-refractivity contribution in [2.75, 3.05) is 5.73 Å². The Balaban J connectivity index is 2.66. The summed E-state index contributed by atoms with van der Waals surface area (Å²) in [5, 5.41) is 2.64.